The maximum absolute atomic E-state index is 13.1. The average Bonchev–Trinajstić information content (AvgIpc) is 2.47. The highest BCUT2D eigenvalue weighted by atomic mass is 19.1. The van der Waals surface area contributed by atoms with E-state index in [1.165, 1.54) is 18.4 Å². The van der Waals surface area contributed by atoms with Gasteiger partial charge in [-0.25, -0.2) is 4.39 Å². The van der Waals surface area contributed by atoms with Gasteiger partial charge in [0.1, 0.15) is 5.82 Å². The van der Waals surface area contributed by atoms with Crippen molar-refractivity contribution >= 4 is 0 Å². The molecule has 1 N–H and O–H groups in total. The number of halogens is 1. The van der Waals surface area contributed by atoms with Gasteiger partial charge in [0.15, 0.2) is 0 Å². The summed E-state index contributed by atoms with van der Waals surface area (Å²) in [5.41, 5.74) is 1.23. The summed E-state index contributed by atoms with van der Waals surface area (Å²) in [6.07, 6.45) is 3.58. The van der Waals surface area contributed by atoms with E-state index in [4.69, 9.17) is 0 Å². The molecule has 0 aromatic heterocycles. The van der Waals surface area contributed by atoms with Gasteiger partial charge in [0.05, 0.1) is 0 Å². The molecule has 2 rings (SSSR count). The Balaban J connectivity index is 2.15. The van der Waals surface area contributed by atoms with Crippen LogP contribution in [0.25, 0.3) is 0 Å². The summed E-state index contributed by atoms with van der Waals surface area (Å²) in [5, 5.41) is 3.49. The topological polar surface area (TPSA) is 15.3 Å². The first-order valence-corrected chi connectivity index (χ1v) is 7.48. The van der Waals surface area contributed by atoms with Gasteiger partial charge in [-0.1, -0.05) is 26.0 Å². The van der Waals surface area contributed by atoms with E-state index in [1.807, 2.05) is 12.1 Å². The van der Waals surface area contributed by atoms with Crippen LogP contribution >= 0.6 is 0 Å². The van der Waals surface area contributed by atoms with Crippen LogP contribution in [-0.4, -0.2) is 30.6 Å². The monoisotopic (exact) mass is 264 g/mol. The van der Waals surface area contributed by atoms with E-state index >= 15 is 0 Å². The molecule has 2 unspecified atom stereocenters. The second-order valence-corrected chi connectivity index (χ2v) is 5.31. The number of likely N-dealkylation sites (N-methyl/N-ethyl adjacent to an activating group) is 1. The first-order valence-electron chi connectivity index (χ1n) is 7.48. The zero-order valence-electron chi connectivity index (χ0n) is 12.0. The summed E-state index contributed by atoms with van der Waals surface area (Å²) in [7, 11) is 0. The average molecular weight is 264 g/mol. The Morgan fingerprint density at radius 2 is 2.05 bits per heavy atom. The highest BCUT2D eigenvalue weighted by Gasteiger charge is 2.26. The zero-order chi connectivity index (χ0) is 13.7. The molecular formula is C16H25FN2. The molecule has 0 saturated carbocycles. The number of hydrogen-bond donors (Lipinski definition) is 1. The van der Waals surface area contributed by atoms with E-state index in [0.29, 0.717) is 12.1 Å². The molecule has 0 bridgehead atoms. The number of nitrogens with zero attached hydrogens (tertiary/aromatic N) is 1. The molecule has 1 aliphatic rings. The number of hydrogen-bond acceptors (Lipinski definition) is 2. The lowest BCUT2D eigenvalue weighted by atomic mass is 9.97. The van der Waals surface area contributed by atoms with Gasteiger partial charge in [-0.05, 0) is 50.0 Å². The Morgan fingerprint density at radius 1 is 1.32 bits per heavy atom. The lowest BCUT2D eigenvalue weighted by molar-refractivity contribution is 0.115. The number of nitrogens with one attached hydrogen (secondary N) is 1. The molecule has 1 heterocycles. The summed E-state index contributed by atoms with van der Waals surface area (Å²) < 4.78 is 13.1. The van der Waals surface area contributed by atoms with Gasteiger partial charge in [0, 0.05) is 18.6 Å². The predicted octanol–water partition coefficient (Wildman–Crippen LogP) is 3.35. The van der Waals surface area contributed by atoms with Crippen LogP contribution in [0.2, 0.25) is 0 Å². The zero-order valence-corrected chi connectivity index (χ0v) is 12.0. The quantitative estimate of drug-likeness (QED) is 0.877. The molecule has 0 radical (unpaired) electrons. The second-order valence-electron chi connectivity index (χ2n) is 5.31. The maximum Gasteiger partial charge on any atom is 0.123 e. The Bertz CT molecular complexity index is 371. The fourth-order valence-corrected chi connectivity index (χ4v) is 3.20. The van der Waals surface area contributed by atoms with Crippen molar-refractivity contribution in [1.82, 2.24) is 10.2 Å². The molecule has 1 saturated heterocycles. The van der Waals surface area contributed by atoms with E-state index in [1.54, 1.807) is 12.1 Å². The number of rotatable bonds is 5. The van der Waals surface area contributed by atoms with Crippen LogP contribution in [0.15, 0.2) is 24.3 Å². The van der Waals surface area contributed by atoms with E-state index in [2.05, 4.69) is 24.1 Å². The molecule has 106 valence electrons. The van der Waals surface area contributed by atoms with Crippen molar-refractivity contribution in [3.63, 3.8) is 0 Å². The second kappa shape index (κ2) is 7.01. The van der Waals surface area contributed by atoms with Crippen LogP contribution in [0.4, 0.5) is 4.39 Å². The van der Waals surface area contributed by atoms with Crippen molar-refractivity contribution < 1.29 is 4.39 Å². The first kappa shape index (κ1) is 14.5. The van der Waals surface area contributed by atoms with Crippen molar-refractivity contribution in [3.05, 3.63) is 35.6 Å². The van der Waals surface area contributed by atoms with Crippen molar-refractivity contribution in [2.45, 2.75) is 45.2 Å². The van der Waals surface area contributed by atoms with Crippen molar-refractivity contribution in [2.75, 3.05) is 19.6 Å². The minimum absolute atomic E-state index is 0.152. The Hall–Kier alpha value is -0.930. The van der Waals surface area contributed by atoms with Gasteiger partial charge in [-0.2, -0.15) is 0 Å². The summed E-state index contributed by atoms with van der Waals surface area (Å²) in [4.78, 5) is 2.57. The normalized spacial score (nSPS) is 21.6. The van der Waals surface area contributed by atoms with Crippen molar-refractivity contribution in [1.29, 1.82) is 0 Å². The van der Waals surface area contributed by atoms with Gasteiger partial charge in [-0.3, -0.25) is 4.90 Å². The molecular weight excluding hydrogens is 239 g/mol. The van der Waals surface area contributed by atoms with E-state index < -0.39 is 0 Å². The standard InChI is InChI=1S/C16H25FN2/c1-3-16(13-7-9-14(17)10-8-13)19(4-2)15-6-5-11-18-12-15/h7-10,15-16,18H,3-6,11-12H2,1-2H3. The fourth-order valence-electron chi connectivity index (χ4n) is 3.20. The lowest BCUT2D eigenvalue weighted by Gasteiger charge is -2.39. The van der Waals surface area contributed by atoms with Crippen LogP contribution < -0.4 is 5.32 Å². The van der Waals surface area contributed by atoms with E-state index in [9.17, 15) is 4.39 Å². The van der Waals surface area contributed by atoms with Gasteiger partial charge in [0.2, 0.25) is 0 Å². The molecule has 1 aromatic carbocycles. The van der Waals surface area contributed by atoms with E-state index in [0.717, 1.165) is 26.1 Å². The highest BCUT2D eigenvalue weighted by Crippen LogP contribution is 2.28. The third-order valence-corrected chi connectivity index (χ3v) is 4.15. The SMILES string of the molecule is CCC(c1ccc(F)cc1)N(CC)C1CCCNC1. The van der Waals surface area contributed by atoms with Crippen LogP contribution in [0.3, 0.4) is 0 Å². The molecule has 0 aliphatic carbocycles. The molecule has 3 heteroatoms. The Morgan fingerprint density at radius 3 is 2.58 bits per heavy atom. The predicted molar refractivity (Wildman–Crippen MR) is 77.7 cm³/mol. The van der Waals surface area contributed by atoms with Crippen molar-refractivity contribution in [3.8, 4) is 0 Å². The third kappa shape index (κ3) is 3.54. The first-order chi connectivity index (χ1) is 9.26. The molecule has 1 fully saturated rings. The summed E-state index contributed by atoms with van der Waals surface area (Å²) in [5.74, 6) is -0.152. The number of benzene rings is 1. The molecule has 19 heavy (non-hydrogen) atoms. The van der Waals surface area contributed by atoms with Crippen LogP contribution in [0.1, 0.15) is 44.7 Å². The molecule has 0 spiro atoms. The minimum Gasteiger partial charge on any atom is -0.315 e. The molecule has 2 atom stereocenters. The minimum atomic E-state index is -0.152. The molecule has 0 amide bonds. The van der Waals surface area contributed by atoms with Crippen molar-refractivity contribution in [2.24, 2.45) is 0 Å². The lowest BCUT2D eigenvalue weighted by Crippen LogP contribution is -2.47. The summed E-state index contributed by atoms with van der Waals surface area (Å²) >= 11 is 0. The van der Waals surface area contributed by atoms with Crippen LogP contribution in [-0.2, 0) is 0 Å². The van der Waals surface area contributed by atoms with Gasteiger partial charge >= 0.3 is 0 Å². The molecule has 1 aromatic rings. The van der Waals surface area contributed by atoms with Gasteiger partial charge in [0.25, 0.3) is 0 Å². The Labute approximate surface area is 116 Å². The highest BCUT2D eigenvalue weighted by molar-refractivity contribution is 5.20. The van der Waals surface area contributed by atoms with Gasteiger partial charge < -0.3 is 5.32 Å². The summed E-state index contributed by atoms with van der Waals surface area (Å²) in [6, 6.07) is 8.02. The molecule has 1 aliphatic heterocycles. The smallest absolute Gasteiger partial charge is 0.123 e. The van der Waals surface area contributed by atoms with Gasteiger partial charge in [-0.15, -0.1) is 0 Å². The van der Waals surface area contributed by atoms with Crippen LogP contribution in [0, 0.1) is 5.82 Å². The van der Waals surface area contributed by atoms with E-state index in [-0.39, 0.29) is 5.82 Å². The summed E-state index contributed by atoms with van der Waals surface area (Å²) in [6.45, 7) is 7.70. The largest absolute Gasteiger partial charge is 0.315 e. The molecule has 2 nitrogen and oxygen atoms in total. The van der Waals surface area contributed by atoms with Crippen LogP contribution in [0.5, 0.6) is 0 Å². The third-order valence-electron chi connectivity index (χ3n) is 4.15. The number of piperidine rings is 1. The Kier molecular flexibility index (Phi) is 5.34. The maximum atomic E-state index is 13.1. The fraction of sp³-hybridized carbons (Fsp3) is 0.625.